The van der Waals surface area contributed by atoms with Crippen LogP contribution >= 0.6 is 0 Å². The fourth-order valence-electron chi connectivity index (χ4n) is 1.33. The largest absolute Gasteiger partial charge is 0.336 e. The number of aryl methyl sites for hydroxylation is 2. The first kappa shape index (κ1) is 6.27. The summed E-state index contributed by atoms with van der Waals surface area (Å²) in [6.07, 6.45) is 1.92. The molecule has 0 aliphatic carbocycles. The van der Waals surface area contributed by atoms with Crippen LogP contribution in [-0.4, -0.2) is 14.1 Å². The number of imidazole rings is 1. The number of rotatable bonds is 0. The van der Waals surface area contributed by atoms with Crippen LogP contribution in [0.15, 0.2) is 17.1 Å². The predicted octanol–water partition coefficient (Wildman–Crippen LogP) is 0.205. The molecular formula is C7H9N3O. The third kappa shape index (κ3) is 0.661. The summed E-state index contributed by atoms with van der Waals surface area (Å²) in [7, 11) is 3.66. The van der Waals surface area contributed by atoms with Crippen molar-refractivity contribution in [2.24, 2.45) is 14.1 Å². The summed E-state index contributed by atoms with van der Waals surface area (Å²) in [6, 6.07) is 1.89. The molecule has 0 aliphatic heterocycles. The molecule has 0 fully saturated rings. The molecule has 0 unspecified atom stereocenters. The summed E-state index contributed by atoms with van der Waals surface area (Å²) in [5, 5.41) is 0. The molecule has 0 atom stereocenters. The van der Waals surface area contributed by atoms with Gasteiger partial charge >= 0.3 is 5.69 Å². The lowest BCUT2D eigenvalue weighted by Crippen LogP contribution is -2.13. The van der Waals surface area contributed by atoms with Crippen LogP contribution in [0.5, 0.6) is 0 Å². The first-order valence-corrected chi connectivity index (χ1v) is 3.40. The lowest BCUT2D eigenvalue weighted by Gasteiger charge is -1.93. The van der Waals surface area contributed by atoms with E-state index in [-0.39, 0.29) is 5.69 Å². The van der Waals surface area contributed by atoms with E-state index >= 15 is 0 Å². The molecule has 11 heavy (non-hydrogen) atoms. The van der Waals surface area contributed by atoms with Gasteiger partial charge < -0.3 is 9.55 Å². The number of hydrogen-bond donors (Lipinski definition) is 1. The molecule has 1 N–H and O–H groups in total. The highest BCUT2D eigenvalue weighted by atomic mass is 16.1. The zero-order valence-corrected chi connectivity index (χ0v) is 6.46. The molecule has 2 rings (SSSR count). The Labute approximate surface area is 63.1 Å². The summed E-state index contributed by atoms with van der Waals surface area (Å²) in [5.41, 5.74) is 1.75. The van der Waals surface area contributed by atoms with Gasteiger partial charge in [0.15, 0.2) is 0 Å². The number of nitrogens with one attached hydrogen (secondary N) is 1. The van der Waals surface area contributed by atoms with Crippen LogP contribution in [0.4, 0.5) is 0 Å². The second-order valence-corrected chi connectivity index (χ2v) is 2.65. The van der Waals surface area contributed by atoms with E-state index in [2.05, 4.69) is 4.98 Å². The van der Waals surface area contributed by atoms with Crippen molar-refractivity contribution in [3.63, 3.8) is 0 Å². The molecule has 0 amide bonds. The van der Waals surface area contributed by atoms with Gasteiger partial charge in [-0.05, 0) is 6.07 Å². The molecule has 0 saturated heterocycles. The van der Waals surface area contributed by atoms with Crippen LogP contribution in [0.25, 0.3) is 11.2 Å². The number of fused-ring (bicyclic) bond motifs is 1. The standard InChI is InChI=1S/C7H9N3O/c1-9-4-3-5-6(9)10(2)7(11)8-5/h3-4H,1-2H3,(H,8,11). The minimum atomic E-state index is -0.0637. The summed E-state index contributed by atoms with van der Waals surface area (Å²) < 4.78 is 3.50. The van der Waals surface area contributed by atoms with Crippen LogP contribution in [0.3, 0.4) is 0 Å². The number of H-pyrrole nitrogens is 1. The normalized spacial score (nSPS) is 11.1. The molecular weight excluding hydrogens is 142 g/mol. The molecule has 2 heterocycles. The smallest absolute Gasteiger partial charge is 0.327 e. The third-order valence-electron chi connectivity index (χ3n) is 1.90. The van der Waals surface area contributed by atoms with Crippen molar-refractivity contribution < 1.29 is 0 Å². The highest BCUT2D eigenvalue weighted by Crippen LogP contribution is 2.07. The van der Waals surface area contributed by atoms with Crippen LogP contribution < -0.4 is 5.69 Å². The summed E-state index contributed by atoms with van der Waals surface area (Å²) >= 11 is 0. The van der Waals surface area contributed by atoms with Gasteiger partial charge in [-0.15, -0.1) is 0 Å². The lowest BCUT2D eigenvalue weighted by atomic mass is 10.6. The maximum absolute atomic E-state index is 11.0. The van der Waals surface area contributed by atoms with Gasteiger partial charge in [0.2, 0.25) is 0 Å². The molecule has 0 aliphatic rings. The van der Waals surface area contributed by atoms with Gasteiger partial charge in [0.25, 0.3) is 0 Å². The van der Waals surface area contributed by atoms with Crippen molar-refractivity contribution in [2.45, 2.75) is 0 Å². The third-order valence-corrected chi connectivity index (χ3v) is 1.90. The van der Waals surface area contributed by atoms with E-state index in [1.165, 1.54) is 0 Å². The van der Waals surface area contributed by atoms with Crippen LogP contribution in [0.2, 0.25) is 0 Å². The fraction of sp³-hybridized carbons (Fsp3) is 0.286. The molecule has 58 valence electrons. The van der Waals surface area contributed by atoms with Gasteiger partial charge in [0.05, 0.1) is 5.52 Å². The van der Waals surface area contributed by atoms with Gasteiger partial charge in [-0.1, -0.05) is 0 Å². The highest BCUT2D eigenvalue weighted by molar-refractivity contribution is 5.71. The number of nitrogens with zero attached hydrogens (tertiary/aromatic N) is 2. The average molecular weight is 151 g/mol. The topological polar surface area (TPSA) is 42.7 Å². The Bertz CT molecular complexity index is 446. The van der Waals surface area contributed by atoms with Crippen molar-refractivity contribution in [3.05, 3.63) is 22.7 Å². The first-order chi connectivity index (χ1) is 5.20. The Morgan fingerprint density at radius 3 is 2.82 bits per heavy atom. The van der Waals surface area contributed by atoms with Crippen LogP contribution in [0, 0.1) is 0 Å². The van der Waals surface area contributed by atoms with E-state index in [4.69, 9.17) is 0 Å². The molecule has 0 bridgehead atoms. The monoisotopic (exact) mass is 151 g/mol. The molecule has 4 heteroatoms. The van der Waals surface area contributed by atoms with E-state index in [0.29, 0.717) is 0 Å². The van der Waals surface area contributed by atoms with Gasteiger partial charge in [-0.25, -0.2) is 4.79 Å². The van der Waals surface area contributed by atoms with E-state index in [0.717, 1.165) is 11.2 Å². The van der Waals surface area contributed by atoms with Crippen molar-refractivity contribution in [2.75, 3.05) is 0 Å². The molecule has 2 aromatic heterocycles. The van der Waals surface area contributed by atoms with Crippen molar-refractivity contribution in [1.29, 1.82) is 0 Å². The van der Waals surface area contributed by atoms with Crippen molar-refractivity contribution >= 4 is 11.2 Å². The van der Waals surface area contributed by atoms with E-state index in [9.17, 15) is 4.79 Å². The highest BCUT2D eigenvalue weighted by Gasteiger charge is 2.04. The number of aromatic nitrogens is 3. The molecule has 2 aromatic rings. The Kier molecular flexibility index (Phi) is 1.01. The first-order valence-electron chi connectivity index (χ1n) is 3.40. The van der Waals surface area contributed by atoms with Crippen LogP contribution in [-0.2, 0) is 14.1 Å². The molecule has 4 nitrogen and oxygen atoms in total. The minimum Gasteiger partial charge on any atom is -0.336 e. The molecule has 0 saturated carbocycles. The van der Waals surface area contributed by atoms with Gasteiger partial charge in [0.1, 0.15) is 5.65 Å². The second kappa shape index (κ2) is 1.78. The Morgan fingerprint density at radius 2 is 2.18 bits per heavy atom. The maximum atomic E-state index is 11.0. The summed E-state index contributed by atoms with van der Waals surface area (Å²) in [6.45, 7) is 0. The quantitative estimate of drug-likeness (QED) is 0.574. The second-order valence-electron chi connectivity index (χ2n) is 2.65. The summed E-state index contributed by atoms with van der Waals surface area (Å²) in [5.74, 6) is 0. The Balaban J connectivity index is 3.07. The zero-order valence-electron chi connectivity index (χ0n) is 6.46. The predicted molar refractivity (Wildman–Crippen MR) is 42.5 cm³/mol. The van der Waals surface area contributed by atoms with E-state index < -0.39 is 0 Å². The fourth-order valence-corrected chi connectivity index (χ4v) is 1.33. The molecule has 0 aromatic carbocycles. The SMILES string of the molecule is Cn1ccc2[nH]c(=O)n(C)c21. The Hall–Kier alpha value is -1.45. The number of hydrogen-bond acceptors (Lipinski definition) is 1. The van der Waals surface area contributed by atoms with Crippen molar-refractivity contribution in [1.82, 2.24) is 14.1 Å². The van der Waals surface area contributed by atoms with Crippen LogP contribution in [0.1, 0.15) is 0 Å². The Morgan fingerprint density at radius 1 is 1.45 bits per heavy atom. The maximum Gasteiger partial charge on any atom is 0.327 e. The molecule has 0 radical (unpaired) electrons. The lowest BCUT2D eigenvalue weighted by molar-refractivity contribution is 0.828. The average Bonchev–Trinajstić information content (AvgIpc) is 2.41. The van der Waals surface area contributed by atoms with Gasteiger partial charge in [-0.3, -0.25) is 4.57 Å². The van der Waals surface area contributed by atoms with E-state index in [1.54, 1.807) is 11.6 Å². The summed E-state index contributed by atoms with van der Waals surface area (Å²) in [4.78, 5) is 13.8. The minimum absolute atomic E-state index is 0.0637. The van der Waals surface area contributed by atoms with E-state index in [1.807, 2.05) is 23.9 Å². The number of aromatic amines is 1. The zero-order chi connectivity index (χ0) is 8.01. The van der Waals surface area contributed by atoms with Crippen molar-refractivity contribution in [3.8, 4) is 0 Å². The van der Waals surface area contributed by atoms with Gasteiger partial charge in [0, 0.05) is 20.3 Å². The van der Waals surface area contributed by atoms with Gasteiger partial charge in [-0.2, -0.15) is 0 Å². The molecule has 0 spiro atoms.